The molecule has 1 heterocycles. The van der Waals surface area contributed by atoms with Crippen molar-refractivity contribution in [1.29, 1.82) is 0 Å². The van der Waals surface area contributed by atoms with Gasteiger partial charge in [-0.3, -0.25) is 4.79 Å². The highest BCUT2D eigenvalue weighted by atomic mass is 16.7. The van der Waals surface area contributed by atoms with E-state index in [1.165, 1.54) is 0 Å². The van der Waals surface area contributed by atoms with E-state index in [-0.39, 0.29) is 11.3 Å². The molecule has 2 rings (SSSR count). The van der Waals surface area contributed by atoms with Gasteiger partial charge < -0.3 is 4.84 Å². The second kappa shape index (κ2) is 3.09. The van der Waals surface area contributed by atoms with Gasteiger partial charge in [0.2, 0.25) is 0 Å². The third-order valence-electron chi connectivity index (χ3n) is 2.70. The van der Waals surface area contributed by atoms with Gasteiger partial charge in [-0.05, 0) is 25.0 Å². The fraction of sp³-hybridized carbons (Fsp3) is 0.500. The third kappa shape index (κ3) is 1.34. The summed E-state index contributed by atoms with van der Waals surface area (Å²) in [6.07, 6.45) is 9.25. The van der Waals surface area contributed by atoms with E-state index in [9.17, 15) is 4.79 Å². The Bertz CT molecular complexity index is 265. The van der Waals surface area contributed by atoms with Crippen LogP contribution in [0.5, 0.6) is 0 Å². The third-order valence-corrected chi connectivity index (χ3v) is 2.70. The van der Waals surface area contributed by atoms with Gasteiger partial charge in [0.05, 0.1) is 12.6 Å². The predicted molar refractivity (Wildman–Crippen MR) is 49.0 cm³/mol. The number of hydrogen-bond acceptors (Lipinski definition) is 3. The molecule has 0 aromatic carbocycles. The van der Waals surface area contributed by atoms with Crippen LogP contribution < -0.4 is 0 Å². The molecule has 0 unspecified atom stereocenters. The van der Waals surface area contributed by atoms with Crippen molar-refractivity contribution in [2.45, 2.75) is 18.4 Å². The lowest BCUT2D eigenvalue weighted by Crippen LogP contribution is -2.40. The maximum absolute atomic E-state index is 11.0. The number of rotatable bonds is 1. The summed E-state index contributed by atoms with van der Waals surface area (Å²) < 4.78 is 0. The van der Waals surface area contributed by atoms with E-state index in [0.717, 1.165) is 19.4 Å². The molecule has 0 atom stereocenters. The highest BCUT2D eigenvalue weighted by Gasteiger charge is 2.38. The highest BCUT2D eigenvalue weighted by Crippen LogP contribution is 2.33. The fourth-order valence-electron chi connectivity index (χ4n) is 2.00. The Balaban J connectivity index is 2.25. The summed E-state index contributed by atoms with van der Waals surface area (Å²) in [5.74, 6) is 0.0635. The van der Waals surface area contributed by atoms with Gasteiger partial charge in [-0.25, -0.2) is 0 Å². The molecular formula is C10H13NO2. The van der Waals surface area contributed by atoms with Crippen LogP contribution in [-0.2, 0) is 9.63 Å². The minimum absolute atomic E-state index is 0.0635. The number of hydroxylamine groups is 2. The summed E-state index contributed by atoms with van der Waals surface area (Å²) in [4.78, 5) is 16.2. The smallest absolute Gasteiger partial charge is 0.178 e. The zero-order valence-corrected chi connectivity index (χ0v) is 7.69. The zero-order chi connectivity index (χ0) is 9.31. The van der Waals surface area contributed by atoms with Crippen molar-refractivity contribution in [3.8, 4) is 0 Å². The molecule has 0 aromatic rings. The molecule has 13 heavy (non-hydrogen) atoms. The molecule has 1 aliphatic carbocycles. The van der Waals surface area contributed by atoms with E-state index in [4.69, 9.17) is 4.84 Å². The van der Waals surface area contributed by atoms with Gasteiger partial charge in [0.25, 0.3) is 0 Å². The van der Waals surface area contributed by atoms with Gasteiger partial charge in [0, 0.05) is 6.54 Å². The number of nitrogens with zero attached hydrogens (tertiary/aromatic N) is 1. The number of ketones is 1. The minimum Gasteiger partial charge on any atom is -0.301 e. The first-order valence-corrected chi connectivity index (χ1v) is 4.51. The number of carbonyl (C=O) groups is 1. The summed E-state index contributed by atoms with van der Waals surface area (Å²) in [6.45, 7) is 0.930. The summed E-state index contributed by atoms with van der Waals surface area (Å²) in [5.41, 5.74) is -0.150. The lowest BCUT2D eigenvalue weighted by molar-refractivity contribution is -0.152. The molecule has 0 saturated carbocycles. The van der Waals surface area contributed by atoms with E-state index < -0.39 is 0 Å². The molecule has 0 amide bonds. The highest BCUT2D eigenvalue weighted by molar-refractivity contribution is 6.00. The van der Waals surface area contributed by atoms with Crippen molar-refractivity contribution in [2.24, 2.45) is 0 Å². The maximum atomic E-state index is 11.0. The molecule has 0 N–H and O–H groups in total. The van der Waals surface area contributed by atoms with Gasteiger partial charge >= 0.3 is 0 Å². The van der Waals surface area contributed by atoms with Crippen molar-refractivity contribution in [1.82, 2.24) is 5.06 Å². The summed E-state index contributed by atoms with van der Waals surface area (Å²) in [6, 6.07) is 0. The van der Waals surface area contributed by atoms with Crippen LogP contribution >= 0.6 is 0 Å². The largest absolute Gasteiger partial charge is 0.301 e. The molecule has 70 valence electrons. The molecule has 1 saturated heterocycles. The first-order chi connectivity index (χ1) is 6.27. The predicted octanol–water partition coefficient (Wildman–Crippen LogP) is 1.08. The molecule has 1 aliphatic heterocycles. The van der Waals surface area contributed by atoms with E-state index >= 15 is 0 Å². The van der Waals surface area contributed by atoms with E-state index in [1.807, 2.05) is 17.2 Å². The molecule has 0 radical (unpaired) electrons. The molecule has 0 aromatic heterocycles. The zero-order valence-electron chi connectivity index (χ0n) is 7.69. The molecule has 1 fully saturated rings. The molecular weight excluding hydrogens is 166 g/mol. The lowest BCUT2D eigenvalue weighted by atomic mass is 9.92. The number of hydrogen-bond donors (Lipinski definition) is 0. The van der Waals surface area contributed by atoms with Gasteiger partial charge in [0.1, 0.15) is 0 Å². The Hall–Kier alpha value is -0.930. The first-order valence-electron chi connectivity index (χ1n) is 4.51. The Morgan fingerprint density at radius 1 is 1.46 bits per heavy atom. The number of allylic oxidation sites excluding steroid dienone is 2. The van der Waals surface area contributed by atoms with Crippen molar-refractivity contribution in [3.05, 3.63) is 24.3 Å². The van der Waals surface area contributed by atoms with Crippen LogP contribution in [0.25, 0.3) is 0 Å². The fourth-order valence-corrected chi connectivity index (χ4v) is 2.00. The minimum atomic E-state index is -0.150. The van der Waals surface area contributed by atoms with Crippen LogP contribution in [0.4, 0.5) is 0 Å². The van der Waals surface area contributed by atoms with Crippen molar-refractivity contribution < 1.29 is 9.63 Å². The molecule has 1 spiro atoms. The second-order valence-corrected chi connectivity index (χ2v) is 3.45. The standard InChI is InChI=1S/C10H13NO2/c1-13-11-8-2-5-10(11)6-3-9(12)4-7-10/h3-4,6-7H,2,5,8H2,1H3. The van der Waals surface area contributed by atoms with Crippen LogP contribution in [-0.4, -0.2) is 30.0 Å². The van der Waals surface area contributed by atoms with Gasteiger partial charge in [-0.1, -0.05) is 12.2 Å². The van der Waals surface area contributed by atoms with Crippen molar-refractivity contribution in [3.63, 3.8) is 0 Å². The van der Waals surface area contributed by atoms with Crippen LogP contribution in [0.15, 0.2) is 24.3 Å². The Kier molecular flexibility index (Phi) is 2.06. The van der Waals surface area contributed by atoms with Crippen molar-refractivity contribution in [2.75, 3.05) is 13.7 Å². The van der Waals surface area contributed by atoms with Crippen LogP contribution in [0.2, 0.25) is 0 Å². The monoisotopic (exact) mass is 179 g/mol. The Labute approximate surface area is 77.6 Å². The van der Waals surface area contributed by atoms with Crippen LogP contribution in [0.3, 0.4) is 0 Å². The number of carbonyl (C=O) groups excluding carboxylic acids is 1. The molecule has 0 bridgehead atoms. The lowest BCUT2D eigenvalue weighted by Gasteiger charge is -2.32. The molecule has 3 heteroatoms. The van der Waals surface area contributed by atoms with Gasteiger partial charge in [-0.15, -0.1) is 0 Å². The molecule has 2 aliphatic rings. The van der Waals surface area contributed by atoms with Crippen molar-refractivity contribution >= 4 is 5.78 Å². The van der Waals surface area contributed by atoms with Gasteiger partial charge in [-0.2, -0.15) is 5.06 Å². The second-order valence-electron chi connectivity index (χ2n) is 3.45. The normalized spacial score (nSPS) is 26.1. The average molecular weight is 179 g/mol. The topological polar surface area (TPSA) is 29.5 Å². The maximum Gasteiger partial charge on any atom is 0.178 e. The first kappa shape index (κ1) is 8.66. The van der Waals surface area contributed by atoms with E-state index in [1.54, 1.807) is 19.3 Å². The quantitative estimate of drug-likeness (QED) is 0.603. The van der Waals surface area contributed by atoms with Crippen LogP contribution in [0, 0.1) is 0 Å². The summed E-state index contributed by atoms with van der Waals surface area (Å²) in [7, 11) is 1.67. The average Bonchev–Trinajstić information content (AvgIpc) is 2.54. The van der Waals surface area contributed by atoms with Crippen LogP contribution in [0.1, 0.15) is 12.8 Å². The Morgan fingerprint density at radius 3 is 2.77 bits per heavy atom. The molecule has 3 nitrogen and oxygen atoms in total. The van der Waals surface area contributed by atoms with E-state index in [2.05, 4.69) is 0 Å². The summed E-state index contributed by atoms with van der Waals surface area (Å²) in [5, 5.41) is 1.92. The van der Waals surface area contributed by atoms with Gasteiger partial charge in [0.15, 0.2) is 5.78 Å². The SMILES string of the molecule is CON1CCCC12C=CC(=O)C=C2. The Morgan fingerprint density at radius 2 is 2.15 bits per heavy atom. The summed E-state index contributed by atoms with van der Waals surface area (Å²) >= 11 is 0. The van der Waals surface area contributed by atoms with E-state index in [0.29, 0.717) is 0 Å².